The van der Waals surface area contributed by atoms with E-state index in [-0.39, 0.29) is 29.9 Å². The minimum absolute atomic E-state index is 0.0317. The number of alkyl halides is 3. The number of benzene rings is 2. The number of nitrogen functional groups attached to an aromatic ring is 1. The Bertz CT molecular complexity index is 982. The Hall–Kier alpha value is -3.89. The van der Waals surface area contributed by atoms with Gasteiger partial charge in [-0.25, -0.2) is 4.79 Å². The Morgan fingerprint density at radius 1 is 1.00 bits per heavy atom. The first kappa shape index (κ1) is 19.9. The third kappa shape index (κ3) is 6.06. The summed E-state index contributed by atoms with van der Waals surface area (Å²) < 4.78 is 45.3. The van der Waals surface area contributed by atoms with E-state index in [9.17, 15) is 18.0 Å². The Morgan fingerprint density at radius 3 is 2.34 bits per heavy atom. The van der Waals surface area contributed by atoms with E-state index in [0.717, 1.165) is 30.0 Å². The molecular weight excluding hydrogens is 391 g/mol. The third-order valence-corrected chi connectivity index (χ3v) is 3.38. The van der Waals surface area contributed by atoms with Crippen molar-refractivity contribution in [3.8, 4) is 5.75 Å². The molecule has 1 aromatic heterocycles. The number of nitrogens with zero attached hydrogens (tertiary/aromatic N) is 3. The number of hydrogen-bond donors (Lipinski definition) is 2. The SMILES string of the molecule is Nc1nc(COC(=O)c2ccc(OC(F)(F)F)cc2)nc(Nc2ccccc2)n1. The number of aromatic nitrogens is 3. The van der Waals surface area contributed by atoms with Gasteiger partial charge in [0.15, 0.2) is 12.4 Å². The number of carbonyl (C=O) groups is 1. The van der Waals surface area contributed by atoms with Crippen molar-refractivity contribution < 1.29 is 27.4 Å². The standard InChI is InChI=1S/C18H14F3N5O3/c19-18(20,21)29-13-8-6-11(7-9-13)15(27)28-10-14-24-16(22)26-17(25-14)23-12-4-2-1-3-5-12/h1-9H,10H2,(H3,22,23,24,25,26). The van der Waals surface area contributed by atoms with Crippen LogP contribution in [0, 0.1) is 0 Å². The minimum atomic E-state index is -4.81. The monoisotopic (exact) mass is 405 g/mol. The zero-order chi connectivity index (χ0) is 20.9. The van der Waals surface area contributed by atoms with Gasteiger partial charge in [-0.3, -0.25) is 0 Å². The third-order valence-electron chi connectivity index (χ3n) is 3.38. The first-order valence-electron chi connectivity index (χ1n) is 8.14. The van der Waals surface area contributed by atoms with E-state index in [1.165, 1.54) is 0 Å². The molecule has 0 atom stereocenters. The summed E-state index contributed by atoms with van der Waals surface area (Å²) in [6, 6.07) is 13.4. The molecule has 0 unspecified atom stereocenters. The van der Waals surface area contributed by atoms with Gasteiger partial charge in [-0.1, -0.05) is 18.2 Å². The molecule has 0 aliphatic carbocycles. The predicted molar refractivity (Wildman–Crippen MR) is 96.2 cm³/mol. The lowest BCUT2D eigenvalue weighted by atomic mass is 10.2. The van der Waals surface area contributed by atoms with Gasteiger partial charge >= 0.3 is 12.3 Å². The first-order valence-corrected chi connectivity index (χ1v) is 8.14. The Kier molecular flexibility index (Phi) is 5.77. The molecule has 0 bridgehead atoms. The average molecular weight is 405 g/mol. The van der Waals surface area contributed by atoms with Crippen molar-refractivity contribution in [1.82, 2.24) is 15.0 Å². The van der Waals surface area contributed by atoms with Crippen molar-refractivity contribution in [3.05, 3.63) is 66.0 Å². The molecule has 0 saturated carbocycles. The van der Waals surface area contributed by atoms with Crippen LogP contribution in [0.15, 0.2) is 54.6 Å². The second kappa shape index (κ2) is 8.42. The van der Waals surface area contributed by atoms with Crippen LogP contribution in [-0.4, -0.2) is 27.3 Å². The van der Waals surface area contributed by atoms with Crippen LogP contribution in [0.25, 0.3) is 0 Å². The summed E-state index contributed by atoms with van der Waals surface area (Å²) in [7, 11) is 0. The molecule has 8 nitrogen and oxygen atoms in total. The van der Waals surface area contributed by atoms with Crippen LogP contribution in [0.5, 0.6) is 5.75 Å². The number of nitrogens with one attached hydrogen (secondary N) is 1. The van der Waals surface area contributed by atoms with Crippen molar-refractivity contribution in [2.24, 2.45) is 0 Å². The normalized spacial score (nSPS) is 11.0. The van der Waals surface area contributed by atoms with Gasteiger partial charge in [-0.2, -0.15) is 15.0 Å². The maximum Gasteiger partial charge on any atom is 0.573 e. The molecule has 3 aromatic rings. The van der Waals surface area contributed by atoms with Gasteiger partial charge in [0.1, 0.15) is 5.75 Å². The molecule has 29 heavy (non-hydrogen) atoms. The predicted octanol–water partition coefficient (Wildman–Crippen LogP) is 3.45. The molecule has 0 amide bonds. The summed E-state index contributed by atoms with van der Waals surface area (Å²) in [5, 5.41) is 2.94. The van der Waals surface area contributed by atoms with Gasteiger partial charge in [0.2, 0.25) is 11.9 Å². The number of ether oxygens (including phenoxy) is 2. The maximum absolute atomic E-state index is 12.2. The number of rotatable bonds is 6. The summed E-state index contributed by atoms with van der Waals surface area (Å²) in [6.07, 6.45) is -4.81. The van der Waals surface area contributed by atoms with Crippen molar-refractivity contribution >= 4 is 23.6 Å². The number of anilines is 3. The van der Waals surface area contributed by atoms with Gasteiger partial charge < -0.3 is 20.5 Å². The fourth-order valence-corrected chi connectivity index (χ4v) is 2.22. The summed E-state index contributed by atoms with van der Waals surface area (Å²) in [5.41, 5.74) is 6.41. The van der Waals surface area contributed by atoms with Crippen LogP contribution in [0.1, 0.15) is 16.2 Å². The highest BCUT2D eigenvalue weighted by molar-refractivity contribution is 5.89. The number of esters is 1. The van der Waals surface area contributed by atoms with Crippen molar-refractivity contribution in [1.29, 1.82) is 0 Å². The molecule has 0 spiro atoms. The Balaban J connectivity index is 1.62. The summed E-state index contributed by atoms with van der Waals surface area (Å²) in [6.45, 7) is -0.310. The molecule has 0 radical (unpaired) electrons. The van der Waals surface area contributed by atoms with E-state index in [1.54, 1.807) is 12.1 Å². The molecular formula is C18H14F3N5O3. The highest BCUT2D eigenvalue weighted by atomic mass is 19.4. The minimum Gasteiger partial charge on any atom is -0.454 e. The van der Waals surface area contributed by atoms with Crippen molar-refractivity contribution in [2.75, 3.05) is 11.1 Å². The molecule has 150 valence electrons. The second-order valence-corrected chi connectivity index (χ2v) is 5.57. The van der Waals surface area contributed by atoms with E-state index in [4.69, 9.17) is 10.5 Å². The molecule has 0 saturated heterocycles. The molecule has 0 aliphatic rings. The number of nitrogens with two attached hydrogens (primary N) is 1. The second-order valence-electron chi connectivity index (χ2n) is 5.57. The fraction of sp³-hybridized carbons (Fsp3) is 0.111. The number of carbonyl (C=O) groups excluding carboxylic acids is 1. The van der Waals surface area contributed by atoms with Crippen LogP contribution in [0.4, 0.5) is 30.8 Å². The van der Waals surface area contributed by atoms with Gasteiger partial charge in [0, 0.05) is 5.69 Å². The van der Waals surface area contributed by atoms with E-state index < -0.39 is 18.1 Å². The smallest absolute Gasteiger partial charge is 0.454 e. The van der Waals surface area contributed by atoms with Gasteiger partial charge in [-0.15, -0.1) is 13.2 Å². The topological polar surface area (TPSA) is 112 Å². The molecule has 0 fully saturated rings. The molecule has 2 aromatic carbocycles. The van der Waals surface area contributed by atoms with Crippen LogP contribution in [0.2, 0.25) is 0 Å². The lowest BCUT2D eigenvalue weighted by Crippen LogP contribution is -2.17. The van der Waals surface area contributed by atoms with Crippen LogP contribution < -0.4 is 15.8 Å². The highest BCUT2D eigenvalue weighted by Gasteiger charge is 2.31. The molecule has 0 aliphatic heterocycles. The molecule has 1 heterocycles. The van der Waals surface area contributed by atoms with E-state index in [2.05, 4.69) is 25.0 Å². The van der Waals surface area contributed by atoms with E-state index >= 15 is 0 Å². The van der Waals surface area contributed by atoms with E-state index in [0.29, 0.717) is 0 Å². The molecule has 3 rings (SSSR count). The number of hydrogen-bond acceptors (Lipinski definition) is 8. The van der Waals surface area contributed by atoms with Crippen molar-refractivity contribution in [2.45, 2.75) is 13.0 Å². The summed E-state index contributed by atoms with van der Waals surface area (Å²) in [5.74, 6) is -1.03. The highest BCUT2D eigenvalue weighted by Crippen LogP contribution is 2.23. The Labute approximate surface area is 162 Å². The Morgan fingerprint density at radius 2 is 1.69 bits per heavy atom. The van der Waals surface area contributed by atoms with Crippen molar-refractivity contribution in [3.63, 3.8) is 0 Å². The van der Waals surface area contributed by atoms with Gasteiger partial charge in [-0.05, 0) is 36.4 Å². The maximum atomic E-state index is 12.2. The van der Waals surface area contributed by atoms with Crippen LogP contribution >= 0.6 is 0 Å². The fourth-order valence-electron chi connectivity index (χ4n) is 2.22. The number of para-hydroxylation sites is 1. The molecule has 11 heteroatoms. The lowest BCUT2D eigenvalue weighted by Gasteiger charge is -2.10. The average Bonchev–Trinajstić information content (AvgIpc) is 2.66. The zero-order valence-corrected chi connectivity index (χ0v) is 14.7. The lowest BCUT2D eigenvalue weighted by molar-refractivity contribution is -0.274. The quantitative estimate of drug-likeness (QED) is 0.600. The summed E-state index contributed by atoms with van der Waals surface area (Å²) in [4.78, 5) is 24.0. The first-order chi connectivity index (χ1) is 13.8. The summed E-state index contributed by atoms with van der Waals surface area (Å²) >= 11 is 0. The van der Waals surface area contributed by atoms with E-state index in [1.807, 2.05) is 18.2 Å². The largest absolute Gasteiger partial charge is 0.573 e. The zero-order valence-electron chi connectivity index (χ0n) is 14.7. The molecule has 3 N–H and O–H groups in total. The van der Waals surface area contributed by atoms with Gasteiger partial charge in [0.05, 0.1) is 5.56 Å². The van der Waals surface area contributed by atoms with Gasteiger partial charge in [0.25, 0.3) is 0 Å². The number of halogens is 3. The van der Waals surface area contributed by atoms with Crippen LogP contribution in [0.3, 0.4) is 0 Å². The van der Waals surface area contributed by atoms with Crippen LogP contribution in [-0.2, 0) is 11.3 Å².